The number of halogens is 1. The van der Waals surface area contributed by atoms with Crippen LogP contribution in [0.3, 0.4) is 0 Å². The van der Waals surface area contributed by atoms with Gasteiger partial charge in [0.05, 0.1) is 11.9 Å². The Morgan fingerprint density at radius 2 is 1.65 bits per heavy atom. The van der Waals surface area contributed by atoms with Crippen LogP contribution in [-0.4, -0.2) is 23.0 Å². The molecular weight excluding hydrogens is 440 g/mol. The summed E-state index contributed by atoms with van der Waals surface area (Å²) in [4.78, 5) is 4.65. The molecule has 0 aliphatic rings. The standard InChI is InChI=1S/C16H11BrN4O3S2/c17-11-3-7-13(8-4-11)24-12-5-1-10(2-6-12)14-9-19-15-21(14)20-16(25-15)26(18,22)23/h1-9H,(H2,18,22,23). The monoisotopic (exact) mass is 450 g/mol. The quantitative estimate of drug-likeness (QED) is 0.511. The maximum absolute atomic E-state index is 11.5. The number of fused-ring (bicyclic) bond motifs is 1. The van der Waals surface area contributed by atoms with Crippen LogP contribution < -0.4 is 9.88 Å². The summed E-state index contributed by atoms with van der Waals surface area (Å²) in [6.07, 6.45) is 1.64. The number of imidazole rings is 1. The van der Waals surface area contributed by atoms with Gasteiger partial charge in [0.15, 0.2) is 0 Å². The average molecular weight is 451 g/mol. The van der Waals surface area contributed by atoms with Gasteiger partial charge in [-0.25, -0.2) is 23.1 Å². The Balaban J connectivity index is 1.63. The normalized spacial score (nSPS) is 11.8. The minimum Gasteiger partial charge on any atom is -0.457 e. The number of nitrogens with two attached hydrogens (primary N) is 1. The van der Waals surface area contributed by atoms with E-state index >= 15 is 0 Å². The maximum Gasteiger partial charge on any atom is 0.267 e. The van der Waals surface area contributed by atoms with Gasteiger partial charge in [0.25, 0.3) is 10.0 Å². The molecule has 10 heteroatoms. The Hall–Kier alpha value is -2.27. The van der Waals surface area contributed by atoms with Gasteiger partial charge in [-0.05, 0) is 48.5 Å². The molecule has 0 aliphatic carbocycles. The zero-order valence-electron chi connectivity index (χ0n) is 13.0. The molecule has 2 aromatic carbocycles. The largest absolute Gasteiger partial charge is 0.457 e. The lowest BCUT2D eigenvalue weighted by Crippen LogP contribution is -2.12. The lowest BCUT2D eigenvalue weighted by molar-refractivity contribution is 0.482. The summed E-state index contributed by atoms with van der Waals surface area (Å²) in [6, 6.07) is 14.9. The van der Waals surface area contributed by atoms with E-state index in [2.05, 4.69) is 26.0 Å². The highest BCUT2D eigenvalue weighted by molar-refractivity contribution is 9.10. The summed E-state index contributed by atoms with van der Waals surface area (Å²) in [5.41, 5.74) is 1.49. The third-order valence-corrected chi connectivity index (χ3v) is 6.27. The number of primary sulfonamides is 1. The van der Waals surface area contributed by atoms with Crippen molar-refractivity contribution in [3.63, 3.8) is 0 Å². The molecule has 0 unspecified atom stereocenters. The Morgan fingerprint density at radius 1 is 1.04 bits per heavy atom. The van der Waals surface area contributed by atoms with Gasteiger partial charge in [0, 0.05) is 10.0 Å². The van der Waals surface area contributed by atoms with Gasteiger partial charge in [-0.15, -0.1) is 5.10 Å². The van der Waals surface area contributed by atoms with Crippen LogP contribution in [-0.2, 0) is 10.0 Å². The lowest BCUT2D eigenvalue weighted by atomic mass is 10.1. The van der Waals surface area contributed by atoms with Crippen LogP contribution >= 0.6 is 27.3 Å². The van der Waals surface area contributed by atoms with Crippen LogP contribution in [0, 0.1) is 0 Å². The Kier molecular flexibility index (Phi) is 4.27. The number of nitrogens with zero attached hydrogens (tertiary/aromatic N) is 3. The summed E-state index contributed by atoms with van der Waals surface area (Å²) in [7, 11) is -3.85. The van der Waals surface area contributed by atoms with Crippen molar-refractivity contribution in [2.24, 2.45) is 5.14 Å². The van der Waals surface area contributed by atoms with E-state index in [0.29, 0.717) is 16.4 Å². The number of ether oxygens (including phenoxy) is 1. The van der Waals surface area contributed by atoms with Gasteiger partial charge < -0.3 is 4.74 Å². The molecule has 26 heavy (non-hydrogen) atoms. The van der Waals surface area contributed by atoms with Crippen molar-refractivity contribution in [1.82, 2.24) is 14.6 Å². The maximum atomic E-state index is 11.5. The highest BCUT2D eigenvalue weighted by atomic mass is 79.9. The first-order valence-electron chi connectivity index (χ1n) is 7.31. The summed E-state index contributed by atoms with van der Waals surface area (Å²) >= 11 is 4.31. The van der Waals surface area contributed by atoms with Gasteiger partial charge >= 0.3 is 0 Å². The Bertz CT molecular complexity index is 1180. The SMILES string of the molecule is NS(=O)(=O)c1nn2c(-c3ccc(Oc4ccc(Br)cc4)cc3)cnc2s1. The first-order valence-corrected chi connectivity index (χ1v) is 10.5. The molecule has 4 rings (SSSR count). The second kappa shape index (κ2) is 6.47. The minimum absolute atomic E-state index is 0.169. The van der Waals surface area contributed by atoms with Crippen molar-refractivity contribution < 1.29 is 13.2 Å². The number of aromatic nitrogens is 3. The molecule has 2 N–H and O–H groups in total. The van der Waals surface area contributed by atoms with Crippen molar-refractivity contribution in [1.29, 1.82) is 0 Å². The van der Waals surface area contributed by atoms with Crippen LogP contribution in [0.5, 0.6) is 11.5 Å². The van der Waals surface area contributed by atoms with Crippen LogP contribution in [0.15, 0.2) is 63.5 Å². The number of hydrogen-bond donors (Lipinski definition) is 1. The molecule has 0 radical (unpaired) electrons. The molecule has 2 heterocycles. The van der Waals surface area contributed by atoms with Gasteiger partial charge in [-0.2, -0.15) is 0 Å². The molecule has 4 aromatic rings. The van der Waals surface area contributed by atoms with Crippen LogP contribution in [0.4, 0.5) is 0 Å². The molecule has 0 fully saturated rings. The minimum atomic E-state index is -3.85. The molecule has 0 spiro atoms. The highest BCUT2D eigenvalue weighted by Gasteiger charge is 2.18. The van der Waals surface area contributed by atoms with E-state index in [0.717, 1.165) is 27.1 Å². The molecule has 0 saturated carbocycles. The molecule has 7 nitrogen and oxygen atoms in total. The van der Waals surface area contributed by atoms with Gasteiger partial charge in [-0.1, -0.05) is 27.3 Å². The number of hydrogen-bond acceptors (Lipinski definition) is 6. The van der Waals surface area contributed by atoms with Gasteiger partial charge in [0.1, 0.15) is 11.5 Å². The zero-order valence-corrected chi connectivity index (χ0v) is 16.3. The fraction of sp³-hybridized carbons (Fsp3) is 0. The van der Waals surface area contributed by atoms with E-state index in [1.54, 1.807) is 6.20 Å². The van der Waals surface area contributed by atoms with Crippen molar-refractivity contribution in [2.45, 2.75) is 4.34 Å². The fourth-order valence-electron chi connectivity index (χ4n) is 2.32. The summed E-state index contributed by atoms with van der Waals surface area (Å²) in [6.45, 7) is 0. The fourth-order valence-corrected chi connectivity index (χ4v) is 4.08. The molecule has 0 bridgehead atoms. The van der Waals surface area contributed by atoms with Crippen molar-refractivity contribution in [3.05, 3.63) is 59.2 Å². The first kappa shape index (κ1) is 17.2. The molecule has 0 atom stereocenters. The smallest absolute Gasteiger partial charge is 0.267 e. The molecule has 0 saturated heterocycles. The zero-order chi connectivity index (χ0) is 18.3. The predicted octanol–water partition coefficient (Wildman–Crippen LogP) is 3.66. The average Bonchev–Trinajstić information content (AvgIpc) is 3.18. The van der Waals surface area contributed by atoms with Crippen molar-refractivity contribution >= 4 is 42.3 Å². The molecular formula is C16H11BrN4O3S2. The second-order valence-electron chi connectivity index (χ2n) is 5.33. The number of benzene rings is 2. The number of rotatable bonds is 4. The van der Waals surface area contributed by atoms with Crippen LogP contribution in [0.1, 0.15) is 0 Å². The van der Waals surface area contributed by atoms with E-state index in [9.17, 15) is 8.42 Å². The third kappa shape index (κ3) is 3.36. The summed E-state index contributed by atoms with van der Waals surface area (Å²) in [5.74, 6) is 1.41. The highest BCUT2D eigenvalue weighted by Crippen LogP contribution is 2.28. The Morgan fingerprint density at radius 3 is 2.27 bits per heavy atom. The van der Waals surface area contributed by atoms with E-state index in [1.165, 1.54) is 4.52 Å². The van der Waals surface area contributed by atoms with Crippen molar-refractivity contribution in [2.75, 3.05) is 0 Å². The molecule has 132 valence electrons. The van der Waals surface area contributed by atoms with Crippen LogP contribution in [0.25, 0.3) is 16.2 Å². The molecule has 0 aliphatic heterocycles. The summed E-state index contributed by atoms with van der Waals surface area (Å²) < 4.78 is 31.0. The van der Waals surface area contributed by atoms with E-state index in [-0.39, 0.29) is 4.34 Å². The van der Waals surface area contributed by atoms with E-state index in [1.807, 2.05) is 48.5 Å². The van der Waals surface area contributed by atoms with Gasteiger partial charge in [0.2, 0.25) is 9.30 Å². The van der Waals surface area contributed by atoms with E-state index < -0.39 is 10.0 Å². The Labute approximate surface area is 161 Å². The summed E-state index contributed by atoms with van der Waals surface area (Å²) in [5, 5.41) is 9.17. The molecule has 0 amide bonds. The lowest BCUT2D eigenvalue weighted by Gasteiger charge is -2.06. The third-order valence-electron chi connectivity index (χ3n) is 3.51. The number of sulfonamides is 1. The van der Waals surface area contributed by atoms with Crippen LogP contribution in [0.2, 0.25) is 0 Å². The second-order valence-corrected chi connectivity index (χ2v) is 8.94. The molecule has 2 aromatic heterocycles. The van der Waals surface area contributed by atoms with E-state index in [4.69, 9.17) is 9.88 Å². The topological polar surface area (TPSA) is 99.6 Å². The van der Waals surface area contributed by atoms with Gasteiger partial charge in [-0.3, -0.25) is 0 Å². The van der Waals surface area contributed by atoms with Crippen molar-refractivity contribution in [3.8, 4) is 22.8 Å². The predicted molar refractivity (Wildman–Crippen MR) is 102 cm³/mol. The first-order chi connectivity index (χ1) is 12.4.